The molecule has 9 aromatic rings. The zero-order valence-electron chi connectivity index (χ0n) is 53.5. The van der Waals surface area contributed by atoms with Crippen LogP contribution in [0.4, 0.5) is 59.5 Å². The molecule has 3 aromatic carbocycles. The second-order valence-corrected chi connectivity index (χ2v) is 22.9. The lowest BCUT2D eigenvalue weighted by molar-refractivity contribution is -0.153. The van der Waals surface area contributed by atoms with Crippen LogP contribution in [0.25, 0.3) is 44.2 Å². The summed E-state index contributed by atoms with van der Waals surface area (Å²) in [6.45, 7) is 22.8. The molecule has 12 rings (SSSR count). The van der Waals surface area contributed by atoms with Gasteiger partial charge in [-0.3, -0.25) is 28.8 Å². The van der Waals surface area contributed by atoms with E-state index < -0.39 is 63.4 Å². The van der Waals surface area contributed by atoms with Gasteiger partial charge in [0.05, 0.1) is 84.0 Å². The standard InChI is InChI=1S/C22H20FN7O4.C21H20BrFN6O4.C20H17FN8O3/c1-5-34-21(32)22(2)13-16(24)26-18(27-17(13)28-20(22)31)14-15(25-3)19(33-4)30(29-14)10-11-8-6-7-9-12(11)23;1-4-33-20(31)21(2)12-15(24)25-17(26-16(12)27-19(21)30)14-13(22)18(32-3)29(28-14)9-10-7-5-6-8-11(10)23;1-20(18(23)30)11-14(22)25-16(26-15(11)27-19(20)31)12-13(24-2)17(32-3)29(28-12)8-9-6-4-5-7-10(9)21/h6-9H,5,10H2,1-2,4H3,(H3,24,26,27,28,31);5-8H,4,9H2,1-3H3,(H3,24,25,26,27,30);4-7H,8H2,1,3H3,(H2,23,30)(H3,22,25,26,27,31). The summed E-state index contributed by atoms with van der Waals surface area (Å²) in [7, 11) is 4.16. The molecule has 0 fully saturated rings. The molecule has 0 saturated heterocycles. The minimum Gasteiger partial charge on any atom is -0.490 e. The van der Waals surface area contributed by atoms with Crippen LogP contribution in [0.15, 0.2) is 77.3 Å². The summed E-state index contributed by atoms with van der Waals surface area (Å²) in [5.41, 5.74) is 20.3. The van der Waals surface area contributed by atoms with E-state index in [4.69, 9.17) is 59.8 Å². The number of rotatable bonds is 17. The molecule has 3 aliphatic heterocycles. The van der Waals surface area contributed by atoms with Crippen molar-refractivity contribution in [1.29, 1.82) is 0 Å². The van der Waals surface area contributed by atoms with Gasteiger partial charge in [0.25, 0.3) is 11.4 Å². The number of nitrogens with zero attached hydrogens (tertiary/aromatic N) is 14. The number of benzene rings is 3. The number of hydrogen-bond donors (Lipinski definition) is 7. The number of ether oxygens (including phenoxy) is 5. The maximum atomic E-state index is 14.2. The van der Waals surface area contributed by atoms with Gasteiger partial charge in [-0.15, -0.1) is 0 Å². The van der Waals surface area contributed by atoms with Crippen molar-refractivity contribution >= 4 is 97.8 Å². The van der Waals surface area contributed by atoms with Gasteiger partial charge in [0, 0.05) is 16.7 Å². The smallest absolute Gasteiger partial charge is 0.326 e. The highest BCUT2D eigenvalue weighted by molar-refractivity contribution is 9.10. The van der Waals surface area contributed by atoms with Crippen LogP contribution in [0, 0.1) is 30.6 Å². The summed E-state index contributed by atoms with van der Waals surface area (Å²) in [5, 5.41) is 20.8. The second-order valence-electron chi connectivity index (χ2n) is 22.1. The fourth-order valence-electron chi connectivity index (χ4n) is 10.9. The van der Waals surface area contributed by atoms with E-state index in [9.17, 15) is 41.9 Å². The van der Waals surface area contributed by atoms with E-state index in [1.807, 2.05) is 0 Å². The average Bonchev–Trinajstić information content (AvgIpc) is 1.61. The van der Waals surface area contributed by atoms with Crippen molar-refractivity contribution in [3.63, 3.8) is 0 Å². The van der Waals surface area contributed by atoms with Gasteiger partial charge in [-0.25, -0.2) is 66.8 Å². The van der Waals surface area contributed by atoms with Gasteiger partial charge >= 0.3 is 11.9 Å². The third-order valence-corrected chi connectivity index (χ3v) is 16.8. The number of esters is 2. The second kappa shape index (κ2) is 27.3. The summed E-state index contributed by atoms with van der Waals surface area (Å²) in [6.07, 6.45) is 0. The highest BCUT2D eigenvalue weighted by Crippen LogP contribution is 2.47. The Bertz CT molecular complexity index is 4930. The SMILES string of the molecule is CCOC(=O)C1(C)C(=O)Nc2nc(-c3nn(Cc4ccccc4F)c(OC)c3Br)nc(N)c21.[C-]#[N+]c1c(-c2nc(N)c3c(n2)NC(=O)C3(C)C(=O)OCC)nn(Cc2ccccc2F)c1OC.[C-]#[N+]c1c(-c2nc(N)c3c(n2)NC(=O)C3(C)C(N)=O)nn(Cc2ccccc2F)c1OC. The molecule has 9 heterocycles. The Morgan fingerprint density at radius 2 is 0.818 bits per heavy atom. The largest absolute Gasteiger partial charge is 0.490 e. The van der Waals surface area contributed by atoms with Crippen LogP contribution >= 0.6 is 15.9 Å². The van der Waals surface area contributed by atoms with E-state index in [-0.39, 0.29) is 148 Å². The number of halogens is 4. The lowest BCUT2D eigenvalue weighted by atomic mass is 9.84. The summed E-state index contributed by atoms with van der Waals surface area (Å²) in [6, 6.07) is 18.6. The zero-order valence-corrected chi connectivity index (χ0v) is 55.1. The van der Waals surface area contributed by atoms with Gasteiger partial charge in [-0.05, 0) is 68.7 Å². The fourth-order valence-corrected chi connectivity index (χ4v) is 11.6. The van der Waals surface area contributed by atoms with Crippen molar-refractivity contribution in [3.05, 3.63) is 151 Å². The molecule has 36 heteroatoms. The number of nitrogens with two attached hydrogens (primary N) is 4. The molecule has 3 unspecified atom stereocenters. The zero-order chi connectivity index (χ0) is 71.7. The normalized spacial score (nSPS) is 16.8. The van der Waals surface area contributed by atoms with Gasteiger partial charge in [0.15, 0.2) is 33.7 Å². The van der Waals surface area contributed by atoms with Crippen molar-refractivity contribution in [2.24, 2.45) is 5.73 Å². The number of hydrogen-bond acceptors (Lipinski definition) is 23. The molecule has 6 aromatic heterocycles. The number of primary amides is 1. The monoisotopic (exact) mass is 1420 g/mol. The van der Waals surface area contributed by atoms with Crippen LogP contribution in [-0.2, 0) is 74.1 Å². The molecule has 3 atom stereocenters. The summed E-state index contributed by atoms with van der Waals surface area (Å²) in [5.74, 6) is -5.54. The number of carbonyl (C=O) groups is 6. The molecule has 11 N–H and O–H groups in total. The first-order valence-electron chi connectivity index (χ1n) is 29.4. The maximum Gasteiger partial charge on any atom is 0.326 e. The molecule has 508 valence electrons. The molecular weight excluding hydrogens is 1360 g/mol. The van der Waals surface area contributed by atoms with Gasteiger partial charge in [0.1, 0.15) is 73.9 Å². The number of nitrogen functional groups attached to an aromatic ring is 3. The average molecular weight is 1420 g/mol. The first-order valence-corrected chi connectivity index (χ1v) is 30.2. The summed E-state index contributed by atoms with van der Waals surface area (Å²) >= 11 is 3.43. The Kier molecular flexibility index (Phi) is 19.1. The quantitative estimate of drug-likeness (QED) is 0.0292. The topological polar surface area (TPSA) is 428 Å². The summed E-state index contributed by atoms with van der Waals surface area (Å²) < 4.78 is 73.2. The van der Waals surface area contributed by atoms with Crippen LogP contribution < -0.4 is 53.1 Å². The molecule has 4 amide bonds. The van der Waals surface area contributed by atoms with Crippen molar-refractivity contribution in [3.8, 4) is 52.2 Å². The first-order chi connectivity index (χ1) is 47.2. The Balaban J connectivity index is 0.000000161. The van der Waals surface area contributed by atoms with E-state index in [2.05, 4.69) is 86.8 Å². The number of fused-ring (bicyclic) bond motifs is 3. The van der Waals surface area contributed by atoms with Crippen LogP contribution in [0.2, 0.25) is 0 Å². The number of methoxy groups -OCH3 is 3. The van der Waals surface area contributed by atoms with E-state index in [1.54, 1.807) is 68.4 Å². The molecule has 99 heavy (non-hydrogen) atoms. The molecule has 0 bridgehead atoms. The van der Waals surface area contributed by atoms with Crippen LogP contribution in [0.3, 0.4) is 0 Å². The van der Waals surface area contributed by atoms with Gasteiger partial charge in [-0.1, -0.05) is 54.6 Å². The highest BCUT2D eigenvalue weighted by Gasteiger charge is 2.55. The lowest BCUT2D eigenvalue weighted by Gasteiger charge is -2.20. The Labute approximate surface area is 567 Å². The van der Waals surface area contributed by atoms with Crippen molar-refractivity contribution in [2.75, 3.05) is 67.7 Å². The van der Waals surface area contributed by atoms with Gasteiger partial charge < -0.3 is 62.6 Å². The molecule has 0 radical (unpaired) electrons. The van der Waals surface area contributed by atoms with E-state index in [1.165, 1.54) is 74.3 Å². The first kappa shape index (κ1) is 69.2. The van der Waals surface area contributed by atoms with Gasteiger partial charge in [0.2, 0.25) is 41.3 Å². The third kappa shape index (κ3) is 12.0. The fraction of sp³-hybridized carbons (Fsp3) is 0.254. The number of nitrogens with one attached hydrogen (secondary N) is 3. The Morgan fingerprint density at radius 1 is 0.515 bits per heavy atom. The predicted octanol–water partition coefficient (Wildman–Crippen LogP) is 6.46. The number of amides is 4. The van der Waals surface area contributed by atoms with E-state index in [0.717, 1.165) is 0 Å². The van der Waals surface area contributed by atoms with Gasteiger partial charge in [-0.2, -0.15) is 15.3 Å². The number of anilines is 6. The minimum atomic E-state index is -1.73. The maximum absolute atomic E-state index is 14.2. The van der Waals surface area contributed by atoms with Crippen LogP contribution in [-0.4, -0.2) is 129 Å². The molecule has 0 saturated carbocycles. The third-order valence-electron chi connectivity index (χ3n) is 16.1. The van der Waals surface area contributed by atoms with Crippen molar-refractivity contribution in [2.45, 2.75) is 70.5 Å². The summed E-state index contributed by atoms with van der Waals surface area (Å²) in [4.78, 5) is 107. The number of aromatic nitrogens is 12. The van der Waals surface area contributed by atoms with E-state index in [0.29, 0.717) is 27.0 Å². The molecular formula is C63H57BrF3N21O11. The van der Waals surface area contributed by atoms with Crippen LogP contribution in [0.5, 0.6) is 17.6 Å². The highest BCUT2D eigenvalue weighted by atomic mass is 79.9. The number of carbonyl (C=O) groups excluding carboxylic acids is 6. The lowest BCUT2D eigenvalue weighted by Crippen LogP contribution is -2.44. The molecule has 32 nitrogen and oxygen atoms in total. The Hall–Kier alpha value is -12.6. The molecule has 3 aliphatic rings. The minimum absolute atomic E-state index is 0.00245. The van der Waals surface area contributed by atoms with Crippen molar-refractivity contribution < 1.29 is 65.6 Å². The molecule has 0 spiro atoms. The van der Waals surface area contributed by atoms with E-state index >= 15 is 0 Å². The predicted molar refractivity (Wildman–Crippen MR) is 350 cm³/mol. The molecule has 0 aliphatic carbocycles. The van der Waals surface area contributed by atoms with Crippen LogP contribution in [0.1, 0.15) is 68.0 Å². The van der Waals surface area contributed by atoms with Crippen molar-refractivity contribution in [1.82, 2.24) is 59.2 Å². The Morgan fingerprint density at radius 3 is 1.13 bits per heavy atom.